The third-order valence-corrected chi connectivity index (χ3v) is 6.15. The van der Waals surface area contributed by atoms with Crippen molar-refractivity contribution < 1.29 is 4.79 Å². The summed E-state index contributed by atoms with van der Waals surface area (Å²) >= 11 is 1.79. The summed E-state index contributed by atoms with van der Waals surface area (Å²) in [4.78, 5) is 20.5. The number of carbonyl (C=O) groups is 1. The van der Waals surface area contributed by atoms with Crippen molar-refractivity contribution in [3.8, 4) is 0 Å². The molecular formula is C22H31IN4OS. The number of rotatable bonds is 6. The van der Waals surface area contributed by atoms with Crippen LogP contribution < -0.4 is 10.6 Å². The zero-order valence-electron chi connectivity index (χ0n) is 17.4. The lowest BCUT2D eigenvalue weighted by Gasteiger charge is -2.27. The van der Waals surface area contributed by atoms with Crippen molar-refractivity contribution in [2.75, 3.05) is 26.2 Å². The minimum Gasteiger partial charge on any atom is -0.357 e. The van der Waals surface area contributed by atoms with E-state index in [9.17, 15) is 4.79 Å². The molecule has 0 fully saturated rings. The SMILES string of the molecule is CCNC(=NCC(=O)N1CCc2sccc2C1)NCC(C)(C)c1ccccc1.I. The van der Waals surface area contributed by atoms with Crippen molar-refractivity contribution in [3.05, 3.63) is 57.8 Å². The maximum atomic E-state index is 12.6. The molecule has 1 aliphatic heterocycles. The van der Waals surface area contributed by atoms with Gasteiger partial charge in [0.1, 0.15) is 6.54 Å². The lowest BCUT2D eigenvalue weighted by Crippen LogP contribution is -2.44. The van der Waals surface area contributed by atoms with E-state index in [0.717, 1.165) is 26.1 Å². The van der Waals surface area contributed by atoms with Crippen molar-refractivity contribution in [1.82, 2.24) is 15.5 Å². The van der Waals surface area contributed by atoms with Crippen LogP contribution in [0.1, 0.15) is 36.8 Å². The molecule has 0 saturated carbocycles. The molecule has 0 atom stereocenters. The van der Waals surface area contributed by atoms with Crippen molar-refractivity contribution in [2.24, 2.45) is 4.99 Å². The van der Waals surface area contributed by atoms with E-state index in [-0.39, 0.29) is 41.8 Å². The second-order valence-electron chi connectivity index (χ2n) is 7.73. The first-order valence-corrected chi connectivity index (χ1v) is 10.8. The Morgan fingerprint density at radius 2 is 1.97 bits per heavy atom. The highest BCUT2D eigenvalue weighted by molar-refractivity contribution is 14.0. The Kier molecular flexibility index (Phi) is 8.95. The number of guanidine groups is 1. The molecule has 0 aliphatic carbocycles. The van der Waals surface area contributed by atoms with Gasteiger partial charge < -0.3 is 15.5 Å². The molecule has 5 nitrogen and oxygen atoms in total. The molecule has 2 heterocycles. The van der Waals surface area contributed by atoms with Gasteiger partial charge in [0.05, 0.1) is 0 Å². The van der Waals surface area contributed by atoms with Gasteiger partial charge in [-0.15, -0.1) is 35.3 Å². The lowest BCUT2D eigenvalue weighted by atomic mass is 9.85. The summed E-state index contributed by atoms with van der Waals surface area (Å²) in [5, 5.41) is 8.75. The van der Waals surface area contributed by atoms with Gasteiger partial charge in [0, 0.05) is 36.5 Å². The molecular weight excluding hydrogens is 495 g/mol. The number of aliphatic imine (C=N–C) groups is 1. The van der Waals surface area contributed by atoms with Crippen LogP contribution in [-0.4, -0.2) is 42.9 Å². The second-order valence-corrected chi connectivity index (χ2v) is 8.73. The molecule has 1 aromatic carbocycles. The van der Waals surface area contributed by atoms with Crippen LogP contribution in [0.2, 0.25) is 0 Å². The van der Waals surface area contributed by atoms with E-state index in [1.807, 2.05) is 17.9 Å². The van der Waals surface area contributed by atoms with Crippen LogP contribution in [-0.2, 0) is 23.2 Å². The van der Waals surface area contributed by atoms with Gasteiger partial charge in [0.2, 0.25) is 5.91 Å². The van der Waals surface area contributed by atoms with Crippen molar-refractivity contribution in [1.29, 1.82) is 0 Å². The van der Waals surface area contributed by atoms with Gasteiger partial charge in [-0.1, -0.05) is 44.2 Å². The van der Waals surface area contributed by atoms with Gasteiger partial charge >= 0.3 is 0 Å². The van der Waals surface area contributed by atoms with Crippen LogP contribution >= 0.6 is 35.3 Å². The average Bonchev–Trinajstić information content (AvgIpc) is 3.18. The van der Waals surface area contributed by atoms with E-state index >= 15 is 0 Å². The normalized spacial score (nSPS) is 14.0. The first-order valence-electron chi connectivity index (χ1n) is 9.90. The second kappa shape index (κ2) is 11.0. The largest absolute Gasteiger partial charge is 0.357 e. The summed E-state index contributed by atoms with van der Waals surface area (Å²) in [7, 11) is 0. The van der Waals surface area contributed by atoms with E-state index in [1.54, 1.807) is 11.3 Å². The third-order valence-electron chi connectivity index (χ3n) is 5.13. The number of halogens is 1. The fourth-order valence-corrected chi connectivity index (χ4v) is 4.24. The highest BCUT2D eigenvalue weighted by Gasteiger charge is 2.22. The maximum Gasteiger partial charge on any atom is 0.244 e. The zero-order chi connectivity index (χ0) is 20.0. The molecule has 29 heavy (non-hydrogen) atoms. The molecule has 0 unspecified atom stereocenters. The fraction of sp³-hybridized carbons (Fsp3) is 0.455. The Morgan fingerprint density at radius 1 is 1.21 bits per heavy atom. The lowest BCUT2D eigenvalue weighted by molar-refractivity contribution is -0.130. The Hall–Kier alpha value is -1.61. The number of hydrogen-bond acceptors (Lipinski definition) is 3. The van der Waals surface area contributed by atoms with Crippen molar-refractivity contribution in [2.45, 2.75) is 39.2 Å². The summed E-state index contributed by atoms with van der Waals surface area (Å²) in [5.41, 5.74) is 2.52. The Morgan fingerprint density at radius 3 is 2.69 bits per heavy atom. The van der Waals surface area contributed by atoms with Crippen molar-refractivity contribution >= 4 is 47.2 Å². The van der Waals surface area contributed by atoms with Crippen LogP contribution in [0, 0.1) is 0 Å². The molecule has 0 bridgehead atoms. The number of benzene rings is 1. The average molecular weight is 526 g/mol. The molecule has 0 spiro atoms. The van der Waals surface area contributed by atoms with E-state index in [1.165, 1.54) is 16.0 Å². The molecule has 1 aromatic heterocycles. The fourth-order valence-electron chi connectivity index (χ4n) is 3.35. The number of nitrogens with zero attached hydrogens (tertiary/aromatic N) is 2. The molecule has 3 rings (SSSR count). The topological polar surface area (TPSA) is 56.7 Å². The van der Waals surface area contributed by atoms with E-state index < -0.39 is 0 Å². The van der Waals surface area contributed by atoms with Crippen LogP contribution in [0.4, 0.5) is 0 Å². The summed E-state index contributed by atoms with van der Waals surface area (Å²) in [5.74, 6) is 0.768. The van der Waals surface area contributed by atoms with Gasteiger partial charge in [-0.2, -0.15) is 0 Å². The molecule has 7 heteroatoms. The number of hydrogen-bond donors (Lipinski definition) is 2. The number of thiophene rings is 1. The first kappa shape index (κ1) is 23.7. The molecule has 158 valence electrons. The number of amides is 1. The molecule has 1 aliphatic rings. The monoisotopic (exact) mass is 526 g/mol. The Labute approximate surface area is 195 Å². The van der Waals surface area contributed by atoms with Gasteiger partial charge in [0.25, 0.3) is 0 Å². The van der Waals surface area contributed by atoms with Crippen LogP contribution in [0.5, 0.6) is 0 Å². The smallest absolute Gasteiger partial charge is 0.244 e. The highest BCUT2D eigenvalue weighted by Crippen LogP contribution is 2.24. The number of fused-ring (bicyclic) bond motifs is 1. The molecule has 2 aromatic rings. The standard InChI is InChI=1S/C22H30N4OS.HI/c1-4-23-21(25-16-22(2,3)18-8-6-5-7-9-18)24-14-20(27)26-12-10-19-17(15-26)11-13-28-19;/h5-9,11,13H,4,10,12,14-16H2,1-3H3,(H2,23,24,25);1H. The third kappa shape index (κ3) is 6.44. The van der Waals surface area contributed by atoms with Gasteiger partial charge in [-0.25, -0.2) is 4.99 Å². The van der Waals surface area contributed by atoms with Crippen molar-refractivity contribution in [3.63, 3.8) is 0 Å². The van der Waals surface area contributed by atoms with E-state index in [0.29, 0.717) is 12.5 Å². The first-order chi connectivity index (χ1) is 13.5. The summed E-state index contributed by atoms with van der Waals surface area (Å²) < 4.78 is 0. The van der Waals surface area contributed by atoms with Gasteiger partial charge in [0.15, 0.2) is 5.96 Å². The minimum atomic E-state index is -0.0380. The summed E-state index contributed by atoms with van der Waals surface area (Å²) in [6, 6.07) is 12.6. The highest BCUT2D eigenvalue weighted by atomic mass is 127. The number of nitrogens with one attached hydrogen (secondary N) is 2. The number of carbonyl (C=O) groups excluding carboxylic acids is 1. The van der Waals surface area contributed by atoms with Crippen LogP contribution in [0.15, 0.2) is 46.8 Å². The van der Waals surface area contributed by atoms with E-state index in [2.05, 4.69) is 65.2 Å². The maximum absolute atomic E-state index is 12.6. The molecule has 0 radical (unpaired) electrons. The Bertz CT molecular complexity index is 819. The molecule has 0 saturated heterocycles. The zero-order valence-corrected chi connectivity index (χ0v) is 20.6. The van der Waals surface area contributed by atoms with Gasteiger partial charge in [-0.3, -0.25) is 4.79 Å². The van der Waals surface area contributed by atoms with Gasteiger partial charge in [-0.05, 0) is 35.9 Å². The minimum absolute atomic E-state index is 0. The summed E-state index contributed by atoms with van der Waals surface area (Å²) in [6.45, 7) is 9.59. The van der Waals surface area contributed by atoms with Crippen LogP contribution in [0.3, 0.4) is 0 Å². The Balaban J connectivity index is 0.00000300. The quantitative estimate of drug-likeness (QED) is 0.342. The predicted octanol–water partition coefficient (Wildman–Crippen LogP) is 3.78. The van der Waals surface area contributed by atoms with E-state index in [4.69, 9.17) is 0 Å². The predicted molar refractivity (Wildman–Crippen MR) is 132 cm³/mol. The molecule has 2 N–H and O–H groups in total. The van der Waals surface area contributed by atoms with Crippen LogP contribution in [0.25, 0.3) is 0 Å². The molecule has 1 amide bonds. The summed E-state index contributed by atoms with van der Waals surface area (Å²) in [6.07, 6.45) is 0.950.